The Morgan fingerprint density at radius 1 is 1.33 bits per heavy atom. The molecule has 0 aliphatic heterocycles. The fraction of sp³-hybridized carbons (Fsp3) is 0.0714. The van der Waals surface area contributed by atoms with Gasteiger partial charge in [0.2, 0.25) is 0 Å². The van der Waals surface area contributed by atoms with Gasteiger partial charge in [-0.3, -0.25) is 4.79 Å². The highest BCUT2D eigenvalue weighted by atomic mass is 79.9. The van der Waals surface area contributed by atoms with Crippen molar-refractivity contribution in [2.24, 2.45) is 0 Å². The molecule has 1 amide bonds. The molecule has 0 unspecified atom stereocenters. The lowest BCUT2D eigenvalue weighted by molar-refractivity contribution is -0.118. The molecule has 3 N–H and O–H groups in total. The number of amides is 1. The van der Waals surface area contributed by atoms with E-state index in [0.717, 1.165) is 4.47 Å². The molecule has 0 spiro atoms. The molecule has 0 fully saturated rings. The highest BCUT2D eigenvalue weighted by Crippen LogP contribution is 2.27. The van der Waals surface area contributed by atoms with Crippen LogP contribution in [0.2, 0.25) is 5.02 Å². The predicted molar refractivity (Wildman–Crippen MR) is 84.1 cm³/mol. The zero-order valence-electron chi connectivity index (χ0n) is 10.7. The molecule has 0 saturated heterocycles. The molecule has 4 nitrogen and oxygen atoms in total. The summed E-state index contributed by atoms with van der Waals surface area (Å²) in [7, 11) is 0. The fourth-order valence-electron chi connectivity index (χ4n) is 1.56. The summed E-state index contributed by atoms with van der Waals surface area (Å²) >= 11 is 9.20. The van der Waals surface area contributed by atoms with Gasteiger partial charge in [-0.05, 0) is 36.4 Å². The molecule has 21 heavy (non-hydrogen) atoms. The molecule has 110 valence electrons. The number of carbonyl (C=O) groups excluding carboxylic acids is 1. The topological polar surface area (TPSA) is 64.3 Å². The van der Waals surface area contributed by atoms with E-state index in [1.54, 1.807) is 18.2 Å². The van der Waals surface area contributed by atoms with Crippen molar-refractivity contribution in [3.8, 4) is 5.75 Å². The lowest BCUT2D eigenvalue weighted by atomic mass is 10.2. The van der Waals surface area contributed by atoms with Gasteiger partial charge in [0.05, 0.1) is 10.7 Å². The maximum absolute atomic E-state index is 13.5. The quantitative estimate of drug-likeness (QED) is 0.800. The molecule has 0 bridgehead atoms. The Hall–Kier alpha value is -1.79. The fourth-order valence-corrected chi connectivity index (χ4v) is 2.07. The van der Waals surface area contributed by atoms with Crippen LogP contribution in [0.1, 0.15) is 0 Å². The molecule has 0 heterocycles. The number of benzene rings is 2. The first-order chi connectivity index (χ1) is 9.95. The van der Waals surface area contributed by atoms with E-state index in [1.165, 1.54) is 18.2 Å². The molecule has 7 heteroatoms. The van der Waals surface area contributed by atoms with Gasteiger partial charge in [0, 0.05) is 10.2 Å². The van der Waals surface area contributed by atoms with Crippen LogP contribution in [-0.2, 0) is 4.79 Å². The number of anilines is 2. The van der Waals surface area contributed by atoms with Gasteiger partial charge in [0.25, 0.3) is 5.91 Å². The van der Waals surface area contributed by atoms with Gasteiger partial charge in [0.15, 0.2) is 6.61 Å². The molecular formula is C14H11BrClFN2O2. The lowest BCUT2D eigenvalue weighted by Gasteiger charge is -2.10. The van der Waals surface area contributed by atoms with E-state index in [4.69, 9.17) is 22.1 Å². The molecule has 0 aliphatic carbocycles. The Morgan fingerprint density at radius 2 is 2.10 bits per heavy atom. The largest absolute Gasteiger partial charge is 0.482 e. The molecule has 0 aromatic heterocycles. The summed E-state index contributed by atoms with van der Waals surface area (Å²) in [5, 5.41) is 2.76. The van der Waals surface area contributed by atoms with Gasteiger partial charge < -0.3 is 15.8 Å². The number of halogens is 3. The summed E-state index contributed by atoms with van der Waals surface area (Å²) in [5.74, 6) is -0.734. The summed E-state index contributed by atoms with van der Waals surface area (Å²) in [6.45, 7) is -0.301. The van der Waals surface area contributed by atoms with Crippen molar-refractivity contribution in [1.29, 1.82) is 0 Å². The van der Waals surface area contributed by atoms with Gasteiger partial charge in [-0.15, -0.1) is 0 Å². The van der Waals surface area contributed by atoms with Crippen LogP contribution in [0.15, 0.2) is 40.9 Å². The average molecular weight is 374 g/mol. The van der Waals surface area contributed by atoms with Crippen LogP contribution in [0, 0.1) is 5.82 Å². The maximum atomic E-state index is 13.5. The minimum Gasteiger partial charge on any atom is -0.482 e. The predicted octanol–water partition coefficient (Wildman–Crippen LogP) is 3.84. The minimum absolute atomic E-state index is 0.00365. The first-order valence-electron chi connectivity index (χ1n) is 5.88. The van der Waals surface area contributed by atoms with E-state index in [9.17, 15) is 9.18 Å². The second-order valence-corrected chi connectivity index (χ2v) is 5.47. The van der Waals surface area contributed by atoms with E-state index in [1.807, 2.05) is 0 Å². The summed E-state index contributed by atoms with van der Waals surface area (Å²) in [6, 6.07) is 8.93. The van der Waals surface area contributed by atoms with E-state index in [-0.39, 0.29) is 12.3 Å². The first-order valence-corrected chi connectivity index (χ1v) is 7.05. The van der Waals surface area contributed by atoms with Crippen molar-refractivity contribution in [2.75, 3.05) is 17.7 Å². The number of rotatable bonds is 4. The smallest absolute Gasteiger partial charge is 0.262 e. The number of ether oxygens (including phenoxy) is 1. The van der Waals surface area contributed by atoms with Gasteiger partial charge >= 0.3 is 0 Å². The number of carbonyl (C=O) groups is 1. The van der Waals surface area contributed by atoms with Crippen LogP contribution in [0.5, 0.6) is 5.75 Å². The zero-order chi connectivity index (χ0) is 15.4. The van der Waals surface area contributed by atoms with Crippen LogP contribution < -0.4 is 15.8 Å². The zero-order valence-corrected chi connectivity index (χ0v) is 13.0. The van der Waals surface area contributed by atoms with E-state index in [2.05, 4.69) is 21.2 Å². The SMILES string of the molecule is Nc1ccc(F)c(NC(=O)COc2cc(Br)ccc2Cl)c1. The molecule has 0 aliphatic rings. The normalized spacial score (nSPS) is 10.2. The lowest BCUT2D eigenvalue weighted by Crippen LogP contribution is -2.21. The second-order valence-electron chi connectivity index (χ2n) is 4.15. The van der Waals surface area contributed by atoms with Crippen molar-refractivity contribution in [2.45, 2.75) is 0 Å². The molecule has 2 aromatic carbocycles. The molecule has 0 radical (unpaired) electrons. The van der Waals surface area contributed by atoms with E-state index in [0.29, 0.717) is 16.5 Å². The van der Waals surface area contributed by atoms with E-state index < -0.39 is 11.7 Å². The standard InChI is InChI=1S/C14H11BrClFN2O2/c15-8-1-3-10(16)13(5-8)21-7-14(20)19-12-6-9(18)2-4-11(12)17/h1-6H,7,18H2,(H,19,20). The molecule has 0 atom stereocenters. The maximum Gasteiger partial charge on any atom is 0.262 e. The molecule has 2 aromatic rings. The van der Waals surface area contributed by atoms with E-state index >= 15 is 0 Å². The van der Waals surface area contributed by atoms with Gasteiger partial charge in [-0.1, -0.05) is 27.5 Å². The minimum atomic E-state index is -0.571. The van der Waals surface area contributed by atoms with Crippen molar-refractivity contribution in [1.82, 2.24) is 0 Å². The average Bonchev–Trinajstić information content (AvgIpc) is 2.44. The Morgan fingerprint density at radius 3 is 2.86 bits per heavy atom. The van der Waals surface area contributed by atoms with Crippen LogP contribution >= 0.6 is 27.5 Å². The third kappa shape index (κ3) is 4.34. The Balaban J connectivity index is 1.99. The Labute approximate surface area is 134 Å². The Kier molecular flexibility index (Phi) is 5.03. The summed E-state index contributed by atoms with van der Waals surface area (Å²) in [5.41, 5.74) is 5.89. The van der Waals surface area contributed by atoms with Crippen molar-refractivity contribution < 1.29 is 13.9 Å². The monoisotopic (exact) mass is 372 g/mol. The van der Waals surface area contributed by atoms with Gasteiger partial charge in [0.1, 0.15) is 11.6 Å². The highest BCUT2D eigenvalue weighted by Gasteiger charge is 2.10. The molecule has 0 saturated carbocycles. The first kappa shape index (κ1) is 15.6. The van der Waals surface area contributed by atoms with Crippen LogP contribution in [0.4, 0.5) is 15.8 Å². The molecular weight excluding hydrogens is 363 g/mol. The number of hydrogen-bond donors (Lipinski definition) is 2. The third-order valence-corrected chi connectivity index (χ3v) is 3.32. The van der Waals surface area contributed by atoms with Gasteiger partial charge in [-0.2, -0.15) is 0 Å². The summed E-state index contributed by atoms with van der Waals surface area (Å²) in [6.07, 6.45) is 0. The highest BCUT2D eigenvalue weighted by molar-refractivity contribution is 9.10. The summed E-state index contributed by atoms with van der Waals surface area (Å²) < 4.78 is 19.5. The number of nitrogens with two attached hydrogens (primary N) is 1. The molecule has 2 rings (SSSR count). The van der Waals surface area contributed by atoms with Crippen molar-refractivity contribution >= 4 is 44.8 Å². The van der Waals surface area contributed by atoms with Crippen LogP contribution in [-0.4, -0.2) is 12.5 Å². The summed E-state index contributed by atoms with van der Waals surface area (Å²) in [4.78, 5) is 11.7. The van der Waals surface area contributed by atoms with Crippen molar-refractivity contribution in [3.63, 3.8) is 0 Å². The number of nitrogens with one attached hydrogen (secondary N) is 1. The van der Waals surface area contributed by atoms with Gasteiger partial charge in [-0.25, -0.2) is 4.39 Å². The second kappa shape index (κ2) is 6.78. The third-order valence-electron chi connectivity index (χ3n) is 2.52. The number of hydrogen-bond acceptors (Lipinski definition) is 3. The Bertz CT molecular complexity index is 682. The number of nitrogen functional groups attached to an aromatic ring is 1. The van der Waals surface area contributed by atoms with Crippen LogP contribution in [0.3, 0.4) is 0 Å². The van der Waals surface area contributed by atoms with Crippen molar-refractivity contribution in [3.05, 3.63) is 51.7 Å². The van der Waals surface area contributed by atoms with Crippen LogP contribution in [0.25, 0.3) is 0 Å².